The molecule has 1 aliphatic rings. The van der Waals surface area contributed by atoms with E-state index in [1.165, 1.54) is 5.56 Å². The van der Waals surface area contributed by atoms with Gasteiger partial charge in [-0.15, -0.1) is 0 Å². The average Bonchev–Trinajstić information content (AvgIpc) is 2.73. The predicted octanol–water partition coefficient (Wildman–Crippen LogP) is 1.76. The topological polar surface area (TPSA) is 67.5 Å². The van der Waals surface area contributed by atoms with E-state index in [1.54, 1.807) is 0 Å². The highest BCUT2D eigenvalue weighted by Crippen LogP contribution is 2.39. The molecule has 0 saturated heterocycles. The number of aliphatic hydroxyl groups is 1. The van der Waals surface area contributed by atoms with Crippen molar-refractivity contribution in [2.75, 3.05) is 19.7 Å². The molecule has 0 spiro atoms. The van der Waals surface area contributed by atoms with E-state index in [0.717, 1.165) is 37.1 Å². The lowest BCUT2D eigenvalue weighted by Gasteiger charge is -2.22. The van der Waals surface area contributed by atoms with Crippen LogP contribution in [0.1, 0.15) is 43.9 Å². The monoisotopic (exact) mass is 278 g/mol. The van der Waals surface area contributed by atoms with Gasteiger partial charge in [0.1, 0.15) is 11.4 Å². The number of nitrogens with one attached hydrogen (secondary N) is 1. The Kier molecular flexibility index (Phi) is 5.02. The Morgan fingerprint density at radius 2 is 2.20 bits per heavy atom. The van der Waals surface area contributed by atoms with Gasteiger partial charge in [-0.1, -0.05) is 18.2 Å². The van der Waals surface area contributed by atoms with E-state index in [2.05, 4.69) is 37.4 Å². The van der Waals surface area contributed by atoms with E-state index < -0.39 is 0 Å². The van der Waals surface area contributed by atoms with Gasteiger partial charge in [0.25, 0.3) is 0 Å². The van der Waals surface area contributed by atoms with Gasteiger partial charge in [-0.25, -0.2) is 0 Å². The Morgan fingerprint density at radius 3 is 2.90 bits per heavy atom. The molecule has 20 heavy (non-hydrogen) atoms. The lowest BCUT2D eigenvalue weighted by molar-refractivity contribution is 0.136. The standard InChI is InChI=1S/C16H26N2O2/c1-16(2)10-12-6-5-7-13(15(12)20-16)14(11-17)18-8-3-4-9-19/h5-7,14,18-19H,3-4,8-11,17H2,1-2H3. The molecule has 1 aliphatic heterocycles. The number of fused-ring (bicyclic) bond motifs is 1. The zero-order chi connectivity index (χ0) is 14.6. The molecule has 112 valence electrons. The van der Waals surface area contributed by atoms with Crippen molar-refractivity contribution in [2.45, 2.75) is 44.8 Å². The summed E-state index contributed by atoms with van der Waals surface area (Å²) in [7, 11) is 0. The van der Waals surface area contributed by atoms with E-state index in [-0.39, 0.29) is 18.2 Å². The fourth-order valence-corrected chi connectivity index (χ4v) is 2.75. The summed E-state index contributed by atoms with van der Waals surface area (Å²) >= 11 is 0. The number of para-hydroxylation sites is 1. The molecular formula is C16H26N2O2. The largest absolute Gasteiger partial charge is 0.487 e. The number of unbranched alkanes of at least 4 members (excludes halogenated alkanes) is 1. The van der Waals surface area contributed by atoms with Crippen LogP contribution in [0.4, 0.5) is 0 Å². The highest BCUT2D eigenvalue weighted by Gasteiger charge is 2.32. The Bertz CT molecular complexity index is 446. The first kappa shape index (κ1) is 15.3. The van der Waals surface area contributed by atoms with E-state index in [0.29, 0.717) is 6.54 Å². The molecule has 4 nitrogen and oxygen atoms in total. The summed E-state index contributed by atoms with van der Waals surface area (Å²) < 4.78 is 6.10. The lowest BCUT2D eigenvalue weighted by atomic mass is 9.98. The van der Waals surface area contributed by atoms with Gasteiger partial charge in [0, 0.05) is 31.2 Å². The smallest absolute Gasteiger partial charge is 0.128 e. The van der Waals surface area contributed by atoms with Crippen molar-refractivity contribution in [3.8, 4) is 5.75 Å². The number of hydrogen-bond donors (Lipinski definition) is 3. The number of ether oxygens (including phenoxy) is 1. The van der Waals surface area contributed by atoms with Crippen molar-refractivity contribution in [2.24, 2.45) is 5.73 Å². The number of aliphatic hydroxyl groups excluding tert-OH is 1. The summed E-state index contributed by atoms with van der Waals surface area (Å²) in [5.74, 6) is 1.00. The highest BCUT2D eigenvalue weighted by molar-refractivity contribution is 5.47. The first-order valence-corrected chi connectivity index (χ1v) is 7.42. The Labute approximate surface area is 121 Å². The van der Waals surface area contributed by atoms with Crippen LogP contribution in [0, 0.1) is 0 Å². The molecule has 0 bridgehead atoms. The van der Waals surface area contributed by atoms with Crippen LogP contribution in [0.5, 0.6) is 5.75 Å². The first-order chi connectivity index (χ1) is 9.57. The summed E-state index contributed by atoms with van der Waals surface area (Å²) in [6.07, 6.45) is 2.72. The van der Waals surface area contributed by atoms with Gasteiger partial charge in [-0.05, 0) is 38.8 Å². The van der Waals surface area contributed by atoms with Crippen molar-refractivity contribution in [1.82, 2.24) is 5.32 Å². The van der Waals surface area contributed by atoms with Crippen molar-refractivity contribution >= 4 is 0 Å². The summed E-state index contributed by atoms with van der Waals surface area (Å²) in [6, 6.07) is 6.42. The zero-order valence-electron chi connectivity index (χ0n) is 12.5. The number of hydrogen-bond acceptors (Lipinski definition) is 4. The van der Waals surface area contributed by atoms with Crippen molar-refractivity contribution in [3.05, 3.63) is 29.3 Å². The Hall–Kier alpha value is -1.10. The molecule has 0 amide bonds. The molecule has 2 rings (SSSR count). The summed E-state index contributed by atoms with van der Waals surface area (Å²) in [4.78, 5) is 0. The summed E-state index contributed by atoms with van der Waals surface area (Å²) in [5, 5.41) is 12.3. The van der Waals surface area contributed by atoms with Gasteiger partial charge < -0.3 is 20.9 Å². The van der Waals surface area contributed by atoms with Crippen LogP contribution in [0.3, 0.4) is 0 Å². The molecule has 4 heteroatoms. The van der Waals surface area contributed by atoms with E-state index >= 15 is 0 Å². The number of benzene rings is 1. The maximum absolute atomic E-state index is 8.82. The second kappa shape index (κ2) is 6.57. The first-order valence-electron chi connectivity index (χ1n) is 7.42. The van der Waals surface area contributed by atoms with Crippen molar-refractivity contribution in [3.63, 3.8) is 0 Å². The lowest BCUT2D eigenvalue weighted by Crippen LogP contribution is -2.30. The van der Waals surface area contributed by atoms with E-state index in [1.807, 2.05) is 0 Å². The molecule has 1 aromatic carbocycles. The molecule has 1 aromatic rings. The SMILES string of the molecule is CC1(C)Cc2cccc(C(CN)NCCCCO)c2O1. The third-order valence-corrected chi connectivity index (χ3v) is 3.71. The van der Waals surface area contributed by atoms with Crippen LogP contribution >= 0.6 is 0 Å². The van der Waals surface area contributed by atoms with Gasteiger partial charge in [0.2, 0.25) is 0 Å². The Morgan fingerprint density at radius 1 is 1.40 bits per heavy atom. The molecule has 0 radical (unpaired) electrons. The maximum atomic E-state index is 8.82. The molecule has 1 heterocycles. The minimum absolute atomic E-state index is 0.109. The molecule has 0 fully saturated rings. The minimum Gasteiger partial charge on any atom is -0.487 e. The van der Waals surface area contributed by atoms with Gasteiger partial charge >= 0.3 is 0 Å². The molecule has 1 unspecified atom stereocenters. The third kappa shape index (κ3) is 3.51. The quantitative estimate of drug-likeness (QED) is 0.665. The molecule has 0 aromatic heterocycles. The van der Waals surface area contributed by atoms with E-state index in [9.17, 15) is 0 Å². The van der Waals surface area contributed by atoms with Gasteiger partial charge in [-0.2, -0.15) is 0 Å². The van der Waals surface area contributed by atoms with Gasteiger partial charge in [0.15, 0.2) is 0 Å². The van der Waals surface area contributed by atoms with Crippen LogP contribution in [-0.2, 0) is 6.42 Å². The Balaban J connectivity index is 2.10. The fourth-order valence-electron chi connectivity index (χ4n) is 2.75. The normalized spacial score (nSPS) is 17.6. The van der Waals surface area contributed by atoms with Gasteiger partial charge in [0.05, 0.1) is 0 Å². The summed E-state index contributed by atoms with van der Waals surface area (Å²) in [5.41, 5.74) is 8.20. The maximum Gasteiger partial charge on any atom is 0.128 e. The molecule has 0 aliphatic carbocycles. The molecule has 0 saturated carbocycles. The zero-order valence-corrected chi connectivity index (χ0v) is 12.5. The van der Waals surface area contributed by atoms with Crippen molar-refractivity contribution < 1.29 is 9.84 Å². The second-order valence-corrected chi connectivity index (χ2v) is 6.05. The van der Waals surface area contributed by atoms with Gasteiger partial charge in [-0.3, -0.25) is 0 Å². The number of nitrogens with two attached hydrogens (primary N) is 1. The fraction of sp³-hybridized carbons (Fsp3) is 0.625. The van der Waals surface area contributed by atoms with Crippen LogP contribution in [0.15, 0.2) is 18.2 Å². The predicted molar refractivity (Wildman–Crippen MR) is 81.0 cm³/mol. The second-order valence-electron chi connectivity index (χ2n) is 6.05. The molecule has 1 atom stereocenters. The minimum atomic E-state index is -0.130. The molecule has 4 N–H and O–H groups in total. The molecular weight excluding hydrogens is 252 g/mol. The number of rotatable bonds is 7. The average molecular weight is 278 g/mol. The van der Waals surface area contributed by atoms with Crippen molar-refractivity contribution in [1.29, 1.82) is 0 Å². The highest BCUT2D eigenvalue weighted by atomic mass is 16.5. The van der Waals surface area contributed by atoms with Crippen LogP contribution in [0.25, 0.3) is 0 Å². The third-order valence-electron chi connectivity index (χ3n) is 3.71. The van der Waals surface area contributed by atoms with Crippen LogP contribution in [-0.4, -0.2) is 30.4 Å². The van der Waals surface area contributed by atoms with Crippen LogP contribution < -0.4 is 15.8 Å². The van der Waals surface area contributed by atoms with Crippen LogP contribution in [0.2, 0.25) is 0 Å². The summed E-state index contributed by atoms with van der Waals surface area (Å²) in [6.45, 7) is 5.87. The van der Waals surface area contributed by atoms with E-state index in [4.69, 9.17) is 15.6 Å².